The molecule has 3 nitrogen and oxygen atoms in total. The van der Waals surface area contributed by atoms with Crippen molar-refractivity contribution in [1.29, 1.82) is 0 Å². The molecule has 0 radical (unpaired) electrons. The van der Waals surface area contributed by atoms with Crippen molar-refractivity contribution in [1.82, 2.24) is 14.5 Å². The highest BCUT2D eigenvalue weighted by molar-refractivity contribution is 6.34. The van der Waals surface area contributed by atoms with E-state index in [1.54, 1.807) is 0 Å². The third-order valence-electron chi connectivity index (χ3n) is 7.31. The summed E-state index contributed by atoms with van der Waals surface area (Å²) < 4.78 is 2.32. The Kier molecular flexibility index (Phi) is 3.94. The molecule has 0 saturated heterocycles. The number of rotatable bonds is 2. The van der Waals surface area contributed by atoms with Crippen molar-refractivity contribution < 1.29 is 0 Å². The van der Waals surface area contributed by atoms with Gasteiger partial charge in [-0.2, -0.15) is 0 Å². The summed E-state index contributed by atoms with van der Waals surface area (Å²) >= 11 is 0. The quantitative estimate of drug-likeness (QED) is 0.258. The smallest absolute Gasteiger partial charge is 0.145 e. The summed E-state index contributed by atoms with van der Waals surface area (Å²) in [4.78, 5) is 8.98. The first-order chi connectivity index (χ1) is 17.9. The summed E-state index contributed by atoms with van der Waals surface area (Å²) in [6.45, 7) is 0. The first-order valence-electron chi connectivity index (χ1n) is 12.3. The van der Waals surface area contributed by atoms with E-state index in [0.29, 0.717) is 0 Å². The van der Waals surface area contributed by atoms with Crippen molar-refractivity contribution in [2.75, 3.05) is 0 Å². The van der Waals surface area contributed by atoms with Crippen LogP contribution in [0, 0.1) is 0 Å². The molecule has 8 aromatic rings. The van der Waals surface area contributed by atoms with Gasteiger partial charge in [-0.15, -0.1) is 0 Å². The minimum Gasteiger partial charge on any atom is -0.354 e. The molecule has 0 amide bonds. The Hall–Kier alpha value is -4.89. The Morgan fingerprint density at radius 3 is 1.89 bits per heavy atom. The number of nitrogens with one attached hydrogen (secondary N) is 1. The fraction of sp³-hybridized carbons (Fsp3) is 0. The molecule has 2 aromatic heterocycles. The number of para-hydroxylation sites is 1. The zero-order valence-corrected chi connectivity index (χ0v) is 19.4. The zero-order chi connectivity index (χ0) is 23.6. The fourth-order valence-corrected chi connectivity index (χ4v) is 5.80. The Morgan fingerprint density at radius 1 is 0.528 bits per heavy atom. The number of aromatic amines is 1. The van der Waals surface area contributed by atoms with E-state index in [1.165, 1.54) is 37.8 Å². The van der Waals surface area contributed by atoms with E-state index in [4.69, 9.17) is 4.98 Å². The maximum atomic E-state index is 5.19. The third kappa shape index (κ3) is 2.60. The second-order valence-corrected chi connectivity index (χ2v) is 9.29. The number of fused-ring (bicyclic) bond motifs is 10. The van der Waals surface area contributed by atoms with E-state index >= 15 is 0 Å². The van der Waals surface area contributed by atoms with Crippen molar-refractivity contribution in [3.05, 3.63) is 121 Å². The molecule has 0 atom stereocenters. The fourth-order valence-electron chi connectivity index (χ4n) is 5.80. The van der Waals surface area contributed by atoms with Crippen LogP contribution in [0.2, 0.25) is 0 Å². The Morgan fingerprint density at radius 2 is 1.14 bits per heavy atom. The van der Waals surface area contributed by atoms with E-state index in [9.17, 15) is 0 Å². The molecular weight excluding hydrogens is 438 g/mol. The molecule has 168 valence electrons. The van der Waals surface area contributed by atoms with E-state index < -0.39 is 0 Å². The normalized spacial score (nSPS) is 11.9. The highest BCUT2D eigenvalue weighted by Gasteiger charge is 2.21. The number of aromatic nitrogens is 3. The van der Waals surface area contributed by atoms with Crippen LogP contribution in [0.4, 0.5) is 0 Å². The lowest BCUT2D eigenvalue weighted by molar-refractivity contribution is 1.11. The van der Waals surface area contributed by atoms with Crippen LogP contribution < -0.4 is 0 Å². The van der Waals surface area contributed by atoms with Gasteiger partial charge < -0.3 is 4.98 Å². The topological polar surface area (TPSA) is 33.6 Å². The van der Waals surface area contributed by atoms with E-state index in [-0.39, 0.29) is 0 Å². The monoisotopic (exact) mass is 459 g/mol. The largest absolute Gasteiger partial charge is 0.354 e. The molecule has 0 bridgehead atoms. The molecule has 0 unspecified atom stereocenters. The van der Waals surface area contributed by atoms with Gasteiger partial charge in [-0.1, -0.05) is 97.1 Å². The Balaban J connectivity index is 1.66. The maximum Gasteiger partial charge on any atom is 0.145 e. The number of hydrogen-bond acceptors (Lipinski definition) is 1. The van der Waals surface area contributed by atoms with Crippen LogP contribution in [0.15, 0.2) is 121 Å². The second-order valence-electron chi connectivity index (χ2n) is 9.29. The minimum atomic E-state index is 0.948. The maximum absolute atomic E-state index is 5.19. The molecule has 0 fully saturated rings. The second kappa shape index (κ2) is 7.30. The van der Waals surface area contributed by atoms with Gasteiger partial charge in [0.2, 0.25) is 0 Å². The van der Waals surface area contributed by atoms with Crippen molar-refractivity contribution in [2.24, 2.45) is 0 Å². The lowest BCUT2D eigenvalue weighted by atomic mass is 9.96. The molecule has 8 rings (SSSR count). The lowest BCUT2D eigenvalue weighted by Gasteiger charge is -2.11. The number of benzene rings is 6. The summed E-state index contributed by atoms with van der Waals surface area (Å²) in [6, 6.07) is 42.8. The minimum absolute atomic E-state index is 0.948. The van der Waals surface area contributed by atoms with Gasteiger partial charge in [-0.05, 0) is 40.4 Å². The van der Waals surface area contributed by atoms with Crippen molar-refractivity contribution in [2.45, 2.75) is 0 Å². The summed E-state index contributed by atoms with van der Waals surface area (Å²) in [7, 11) is 0. The molecule has 0 aliphatic heterocycles. The summed E-state index contributed by atoms with van der Waals surface area (Å²) in [5, 5.41) is 7.50. The lowest BCUT2D eigenvalue weighted by Crippen LogP contribution is -1.97. The van der Waals surface area contributed by atoms with Gasteiger partial charge in [0.25, 0.3) is 0 Å². The molecule has 36 heavy (non-hydrogen) atoms. The first kappa shape index (κ1) is 19.4. The van der Waals surface area contributed by atoms with E-state index in [2.05, 4.69) is 125 Å². The molecule has 0 aliphatic carbocycles. The average molecular weight is 460 g/mol. The molecule has 1 N–H and O–H groups in total. The molecule has 3 heteroatoms. The Bertz CT molecular complexity index is 2080. The van der Waals surface area contributed by atoms with Crippen LogP contribution in [-0.4, -0.2) is 14.5 Å². The molecular formula is C33H21N3. The predicted octanol–water partition coefficient (Wildman–Crippen LogP) is 8.63. The van der Waals surface area contributed by atoms with Gasteiger partial charge in [0, 0.05) is 32.9 Å². The molecule has 0 saturated carbocycles. The van der Waals surface area contributed by atoms with E-state index in [1.807, 2.05) is 6.07 Å². The third-order valence-corrected chi connectivity index (χ3v) is 7.31. The molecule has 0 aliphatic rings. The average Bonchev–Trinajstić information content (AvgIpc) is 3.53. The van der Waals surface area contributed by atoms with Crippen LogP contribution in [0.5, 0.6) is 0 Å². The molecule has 0 spiro atoms. The number of imidazole rings is 1. The van der Waals surface area contributed by atoms with E-state index in [0.717, 1.165) is 33.6 Å². The van der Waals surface area contributed by atoms with Gasteiger partial charge in [0.15, 0.2) is 0 Å². The number of hydrogen-bond donors (Lipinski definition) is 1. The van der Waals surface area contributed by atoms with Crippen molar-refractivity contribution in [3.63, 3.8) is 0 Å². The van der Waals surface area contributed by atoms with Gasteiger partial charge in [-0.25, -0.2) is 4.98 Å². The van der Waals surface area contributed by atoms with Gasteiger partial charge in [0.05, 0.1) is 16.6 Å². The molecule has 2 heterocycles. The van der Waals surface area contributed by atoms with Crippen LogP contribution in [0.1, 0.15) is 0 Å². The summed E-state index contributed by atoms with van der Waals surface area (Å²) in [6.07, 6.45) is 0. The van der Waals surface area contributed by atoms with Crippen LogP contribution in [0.25, 0.3) is 71.5 Å². The van der Waals surface area contributed by atoms with Gasteiger partial charge >= 0.3 is 0 Å². The number of nitrogens with zero attached hydrogens (tertiary/aromatic N) is 2. The summed E-state index contributed by atoms with van der Waals surface area (Å²) in [5.41, 5.74) is 6.61. The highest BCUT2D eigenvalue weighted by Crippen LogP contribution is 2.42. The van der Waals surface area contributed by atoms with Crippen LogP contribution in [-0.2, 0) is 0 Å². The SMILES string of the molecule is c1ccc(-c2nc3ccc4[nH]c5c6ccccc6c6ccccc6c5c4c3n2-c2ccccc2)cc1. The summed E-state index contributed by atoms with van der Waals surface area (Å²) in [5.74, 6) is 0.948. The standard InChI is InChI=1S/C33H21N3/c1-3-11-21(12-4-1)33-35-28-20-19-27-30(32(28)36(33)22-13-5-2-6-14-22)29-25-17-9-7-15-23(25)24-16-8-10-18-26(24)31(29)34-27/h1-20,34H. The van der Waals surface area contributed by atoms with Gasteiger partial charge in [-0.3, -0.25) is 4.57 Å². The van der Waals surface area contributed by atoms with Crippen LogP contribution >= 0.6 is 0 Å². The first-order valence-corrected chi connectivity index (χ1v) is 12.3. The zero-order valence-electron chi connectivity index (χ0n) is 19.4. The van der Waals surface area contributed by atoms with Crippen molar-refractivity contribution in [3.8, 4) is 17.1 Å². The number of H-pyrrole nitrogens is 1. The van der Waals surface area contributed by atoms with Crippen LogP contribution in [0.3, 0.4) is 0 Å². The van der Waals surface area contributed by atoms with Crippen molar-refractivity contribution >= 4 is 54.4 Å². The Labute approximate surface area is 207 Å². The highest BCUT2D eigenvalue weighted by atomic mass is 15.1. The van der Waals surface area contributed by atoms with Gasteiger partial charge in [0.1, 0.15) is 5.82 Å². The predicted molar refractivity (Wildman–Crippen MR) is 151 cm³/mol. The molecule has 6 aromatic carbocycles.